The summed E-state index contributed by atoms with van der Waals surface area (Å²) in [5, 5.41) is 23.0. The van der Waals surface area contributed by atoms with Crippen LogP contribution in [-0.4, -0.2) is 94.0 Å². The average Bonchev–Trinajstić information content (AvgIpc) is 3.78. The van der Waals surface area contributed by atoms with Gasteiger partial charge in [0.1, 0.15) is 11.4 Å². The van der Waals surface area contributed by atoms with Crippen molar-refractivity contribution < 1.29 is 42.4 Å². The number of aliphatic carboxylic acids is 1. The number of methoxy groups -OCH3 is 3. The fourth-order valence-electron chi connectivity index (χ4n) is 7.98. The summed E-state index contributed by atoms with van der Waals surface area (Å²) in [5.41, 5.74) is 3.16. The van der Waals surface area contributed by atoms with E-state index < -0.39 is 41.2 Å². The lowest BCUT2D eigenvalue weighted by atomic mass is 9.94. The first kappa shape index (κ1) is 38.6. The van der Waals surface area contributed by atoms with E-state index in [-0.39, 0.29) is 18.1 Å². The Bertz CT molecular complexity index is 2080. The predicted molar refractivity (Wildman–Crippen MR) is 198 cm³/mol. The lowest BCUT2D eigenvalue weighted by Crippen LogP contribution is -2.59. The Balaban J connectivity index is 1.18. The number of aliphatic hydroxyl groups is 1. The Hall–Kier alpha value is -4.70. The standard InChI is InChI=1S/C39H42ClF3N6O6/c1-38(52)19-49(20-38)18-30-36(55-4)47-34(33(44-30)39(41,42)43)45-28-12-11-23-22(7-5-8-24(23)28)25-9-6-10-26(32(25)40)29-15-31(53-2)27(35(46-29)54-3)17-48-14-13-21(16-48)37(50)51/h5-10,15,21,28,52H,11-14,16-20H2,1-4H3,(H,45,47)(H,50,51)/t21-,28+/m1/s1. The summed E-state index contributed by atoms with van der Waals surface area (Å²) in [5.74, 6) is -0.823. The summed E-state index contributed by atoms with van der Waals surface area (Å²) >= 11 is 7.17. The third-order valence-electron chi connectivity index (χ3n) is 10.5. The number of benzene rings is 2. The van der Waals surface area contributed by atoms with Gasteiger partial charge in [-0.3, -0.25) is 14.6 Å². The number of likely N-dealkylation sites (tertiary alicyclic amines) is 2. The summed E-state index contributed by atoms with van der Waals surface area (Å²) in [6, 6.07) is 12.6. The van der Waals surface area contributed by atoms with E-state index in [9.17, 15) is 28.2 Å². The molecule has 2 fully saturated rings. The SMILES string of the molecule is COc1cc(-c2cccc(-c3cccc4c3CC[C@@H]4Nc3nc(OC)c(CN4CC(C)(O)C4)nc3C(F)(F)F)c2Cl)nc(OC)c1CN1CC[C@@H](C(=O)O)C1. The predicted octanol–water partition coefficient (Wildman–Crippen LogP) is 6.48. The number of carboxylic acids is 1. The number of aromatic nitrogens is 3. The van der Waals surface area contributed by atoms with Crippen LogP contribution in [0.25, 0.3) is 22.4 Å². The molecule has 0 spiro atoms. The second-order valence-electron chi connectivity index (χ2n) is 14.5. The molecule has 2 aromatic carbocycles. The molecule has 292 valence electrons. The van der Waals surface area contributed by atoms with E-state index in [2.05, 4.69) is 15.3 Å². The van der Waals surface area contributed by atoms with Crippen LogP contribution in [0.4, 0.5) is 19.0 Å². The lowest BCUT2D eigenvalue weighted by molar-refractivity contribution is -0.142. The molecule has 1 aliphatic carbocycles. The number of hydrogen-bond acceptors (Lipinski definition) is 11. The van der Waals surface area contributed by atoms with E-state index in [4.69, 9.17) is 30.8 Å². The summed E-state index contributed by atoms with van der Waals surface area (Å²) in [6.07, 6.45) is -3.17. The second kappa shape index (κ2) is 15.1. The maximum Gasteiger partial charge on any atom is 0.437 e. The van der Waals surface area contributed by atoms with Crippen molar-refractivity contribution >= 4 is 23.4 Å². The van der Waals surface area contributed by atoms with Crippen LogP contribution >= 0.6 is 11.6 Å². The zero-order valence-corrected chi connectivity index (χ0v) is 31.6. The van der Waals surface area contributed by atoms with Gasteiger partial charge in [-0.2, -0.15) is 18.2 Å². The van der Waals surface area contributed by atoms with Crippen molar-refractivity contribution in [1.29, 1.82) is 0 Å². The van der Waals surface area contributed by atoms with Crippen molar-refractivity contribution in [2.24, 2.45) is 5.92 Å². The average molecular weight is 783 g/mol. The molecular formula is C39H42ClF3N6O6. The molecule has 3 N–H and O–H groups in total. The van der Waals surface area contributed by atoms with Crippen molar-refractivity contribution in [3.63, 3.8) is 0 Å². The van der Waals surface area contributed by atoms with Gasteiger partial charge in [-0.25, -0.2) is 9.97 Å². The molecule has 7 rings (SSSR count). The molecule has 2 saturated heterocycles. The van der Waals surface area contributed by atoms with Gasteiger partial charge < -0.3 is 29.7 Å². The number of ether oxygens (including phenoxy) is 3. The Kier molecular flexibility index (Phi) is 10.6. The highest BCUT2D eigenvalue weighted by atomic mass is 35.5. The summed E-state index contributed by atoms with van der Waals surface area (Å²) in [6.45, 7) is 3.76. The van der Waals surface area contributed by atoms with Crippen LogP contribution in [0.3, 0.4) is 0 Å². The molecule has 4 aromatic rings. The first-order valence-electron chi connectivity index (χ1n) is 17.9. The second-order valence-corrected chi connectivity index (χ2v) is 14.9. The molecule has 4 heterocycles. The summed E-state index contributed by atoms with van der Waals surface area (Å²) in [4.78, 5) is 28.4. The largest absolute Gasteiger partial charge is 0.496 e. The van der Waals surface area contributed by atoms with Crippen molar-refractivity contribution in [1.82, 2.24) is 24.8 Å². The van der Waals surface area contributed by atoms with Crippen molar-refractivity contribution in [2.45, 2.75) is 57.1 Å². The van der Waals surface area contributed by atoms with Crippen LogP contribution in [0.5, 0.6) is 17.5 Å². The van der Waals surface area contributed by atoms with Gasteiger partial charge in [0.05, 0.1) is 55.2 Å². The minimum atomic E-state index is -4.79. The van der Waals surface area contributed by atoms with Gasteiger partial charge in [0, 0.05) is 49.9 Å². The Morgan fingerprint density at radius 1 is 0.964 bits per heavy atom. The monoisotopic (exact) mass is 782 g/mol. The molecule has 2 aliphatic heterocycles. The fraction of sp³-hybridized carbons (Fsp3) is 0.436. The van der Waals surface area contributed by atoms with Crippen LogP contribution in [-0.2, 0) is 30.5 Å². The number of halogens is 4. The number of nitrogens with zero attached hydrogens (tertiary/aromatic N) is 5. The molecular weight excluding hydrogens is 741 g/mol. The molecule has 3 aliphatic rings. The molecule has 0 unspecified atom stereocenters. The van der Waals surface area contributed by atoms with Gasteiger partial charge in [-0.1, -0.05) is 48.0 Å². The van der Waals surface area contributed by atoms with E-state index >= 15 is 0 Å². The van der Waals surface area contributed by atoms with Gasteiger partial charge in [0.2, 0.25) is 11.8 Å². The van der Waals surface area contributed by atoms with E-state index in [1.54, 1.807) is 25.0 Å². The Morgan fingerprint density at radius 2 is 1.67 bits per heavy atom. The quantitative estimate of drug-likeness (QED) is 0.145. The number of nitrogens with one attached hydrogen (secondary N) is 1. The van der Waals surface area contributed by atoms with Crippen molar-refractivity contribution in [2.75, 3.05) is 52.8 Å². The molecule has 16 heteroatoms. The van der Waals surface area contributed by atoms with E-state index in [1.807, 2.05) is 41.3 Å². The number of carboxylic acid groups (broad SMARTS) is 1. The smallest absolute Gasteiger partial charge is 0.437 e. The van der Waals surface area contributed by atoms with Crippen LogP contribution < -0.4 is 19.5 Å². The van der Waals surface area contributed by atoms with Gasteiger partial charge in [-0.05, 0) is 49.4 Å². The molecule has 0 saturated carbocycles. The Morgan fingerprint density at radius 3 is 2.33 bits per heavy atom. The normalized spacial score (nSPS) is 19.5. The highest BCUT2D eigenvalue weighted by molar-refractivity contribution is 6.36. The zero-order chi connectivity index (χ0) is 39.2. The summed E-state index contributed by atoms with van der Waals surface area (Å²) < 4.78 is 60.2. The van der Waals surface area contributed by atoms with Gasteiger partial charge in [0.15, 0.2) is 11.5 Å². The molecule has 12 nitrogen and oxygen atoms in total. The molecule has 2 aromatic heterocycles. The highest BCUT2D eigenvalue weighted by Crippen LogP contribution is 2.45. The minimum Gasteiger partial charge on any atom is -0.496 e. The number of β-amino-alcohol motifs (C(OH)–C–C–N with tert-alkyl or cyclic N) is 1. The highest BCUT2D eigenvalue weighted by Gasteiger charge is 2.41. The number of alkyl halides is 3. The molecule has 0 amide bonds. The molecule has 0 radical (unpaired) electrons. The third kappa shape index (κ3) is 7.75. The van der Waals surface area contributed by atoms with Crippen LogP contribution in [0.1, 0.15) is 53.9 Å². The Labute approximate surface area is 321 Å². The molecule has 2 atom stereocenters. The first-order chi connectivity index (χ1) is 26.2. The van der Waals surface area contributed by atoms with E-state index in [1.165, 1.54) is 14.2 Å². The number of carbonyl (C=O) groups is 1. The van der Waals surface area contributed by atoms with Crippen molar-refractivity contribution in [3.05, 3.63) is 75.6 Å². The minimum absolute atomic E-state index is 0.0182. The topological polar surface area (TPSA) is 142 Å². The lowest BCUT2D eigenvalue weighted by Gasteiger charge is -2.44. The number of anilines is 1. The zero-order valence-electron chi connectivity index (χ0n) is 30.8. The summed E-state index contributed by atoms with van der Waals surface area (Å²) in [7, 11) is 4.41. The van der Waals surface area contributed by atoms with E-state index in [0.29, 0.717) is 85.5 Å². The first-order valence-corrected chi connectivity index (χ1v) is 18.3. The molecule has 55 heavy (non-hydrogen) atoms. The van der Waals surface area contributed by atoms with E-state index in [0.717, 1.165) is 22.3 Å². The van der Waals surface area contributed by atoms with Gasteiger partial charge in [-0.15, -0.1) is 0 Å². The maximum atomic E-state index is 14.5. The fourth-order valence-corrected chi connectivity index (χ4v) is 8.31. The number of hydrogen-bond donors (Lipinski definition) is 3. The maximum absolute atomic E-state index is 14.5. The number of rotatable bonds is 12. The van der Waals surface area contributed by atoms with Crippen LogP contribution in [0, 0.1) is 5.92 Å². The molecule has 0 bridgehead atoms. The number of fused-ring (bicyclic) bond motifs is 1. The van der Waals surface area contributed by atoms with Gasteiger partial charge >= 0.3 is 12.1 Å². The van der Waals surface area contributed by atoms with Crippen LogP contribution in [0.2, 0.25) is 5.02 Å². The van der Waals surface area contributed by atoms with Gasteiger partial charge in [0.25, 0.3) is 0 Å². The number of pyridine rings is 1. The third-order valence-corrected chi connectivity index (χ3v) is 10.9. The van der Waals surface area contributed by atoms with Crippen molar-refractivity contribution in [3.8, 4) is 39.9 Å². The van der Waals surface area contributed by atoms with Crippen LogP contribution in [0.15, 0.2) is 42.5 Å².